The number of aryl methyl sites for hydroxylation is 1. The number of carbonyl (C=O) groups is 1. The topological polar surface area (TPSA) is 65.5 Å². The van der Waals surface area contributed by atoms with Crippen molar-refractivity contribution in [3.63, 3.8) is 0 Å². The van der Waals surface area contributed by atoms with Crippen LogP contribution in [-0.4, -0.2) is 46.6 Å². The number of nitrogens with one attached hydrogen (secondary N) is 1. The van der Waals surface area contributed by atoms with Crippen molar-refractivity contribution in [3.8, 4) is 0 Å². The van der Waals surface area contributed by atoms with Gasteiger partial charge in [0.05, 0.1) is 17.0 Å². The zero-order chi connectivity index (χ0) is 25.3. The molecule has 1 fully saturated rings. The summed E-state index contributed by atoms with van der Waals surface area (Å²) in [5.74, 6) is 0.645. The van der Waals surface area contributed by atoms with Gasteiger partial charge < -0.3 is 15.3 Å². The van der Waals surface area contributed by atoms with E-state index in [2.05, 4.69) is 49.2 Å². The van der Waals surface area contributed by atoms with Crippen LogP contribution in [0.1, 0.15) is 79.0 Å². The van der Waals surface area contributed by atoms with Gasteiger partial charge in [0.2, 0.25) is 0 Å². The number of amides is 1. The number of hydrogen-bond donors (Lipinski definition) is 2. The SMILES string of the molecule is CC(C)(C)[C@H]1CCc2nc3sc(C(=O)N[C@H](CCN4CCC(O)CC4)c4ccccc4)cc3cc2C1. The molecule has 6 heteroatoms. The summed E-state index contributed by atoms with van der Waals surface area (Å²) in [6, 6.07) is 14.5. The molecule has 3 aromatic rings. The lowest BCUT2D eigenvalue weighted by atomic mass is 9.71. The lowest BCUT2D eigenvalue weighted by Gasteiger charge is -2.34. The predicted octanol–water partition coefficient (Wildman–Crippen LogP) is 5.77. The van der Waals surface area contributed by atoms with Crippen LogP contribution < -0.4 is 5.32 Å². The predicted molar refractivity (Wildman–Crippen MR) is 148 cm³/mol. The molecule has 36 heavy (non-hydrogen) atoms. The first-order valence-corrected chi connectivity index (χ1v) is 14.3. The highest BCUT2D eigenvalue weighted by molar-refractivity contribution is 7.20. The van der Waals surface area contributed by atoms with Gasteiger partial charge >= 0.3 is 0 Å². The highest BCUT2D eigenvalue weighted by Gasteiger charge is 2.30. The standard InChI is InChI=1S/C30H39N3O2S/c1-30(2,3)23-9-10-25-21(18-23)17-22-19-27(36-29(22)32-25)28(35)31-26(20-7-5-4-6-8-20)13-16-33-14-11-24(34)12-15-33/h4-8,17,19,23-24,26,34H,9-16,18H2,1-3H3,(H,31,35)/t23-,26+/m0/s1. The van der Waals surface area contributed by atoms with Crippen molar-refractivity contribution in [2.45, 2.75) is 71.4 Å². The first-order chi connectivity index (χ1) is 17.3. The van der Waals surface area contributed by atoms with E-state index in [1.54, 1.807) is 0 Å². The Hall–Kier alpha value is -2.28. The van der Waals surface area contributed by atoms with Gasteiger partial charge in [-0.25, -0.2) is 4.98 Å². The molecule has 0 radical (unpaired) electrons. The largest absolute Gasteiger partial charge is 0.393 e. The van der Waals surface area contributed by atoms with Crippen LogP contribution in [0.5, 0.6) is 0 Å². The number of rotatable bonds is 6. The smallest absolute Gasteiger partial charge is 0.261 e. The Labute approximate surface area is 218 Å². The summed E-state index contributed by atoms with van der Waals surface area (Å²) in [5, 5.41) is 14.2. The van der Waals surface area contributed by atoms with E-state index in [1.807, 2.05) is 24.3 Å². The molecule has 1 aromatic carbocycles. The number of thiophene rings is 1. The number of fused-ring (bicyclic) bond motifs is 2. The van der Waals surface area contributed by atoms with Crippen LogP contribution in [-0.2, 0) is 12.8 Å². The molecule has 0 saturated carbocycles. The number of carbonyl (C=O) groups excluding carboxylic acids is 1. The average Bonchev–Trinajstić information content (AvgIpc) is 3.28. The molecule has 1 aliphatic heterocycles. The molecule has 2 aliphatic rings. The average molecular weight is 506 g/mol. The van der Waals surface area contributed by atoms with Gasteiger partial charge in [0.1, 0.15) is 4.83 Å². The van der Waals surface area contributed by atoms with E-state index < -0.39 is 0 Å². The highest BCUT2D eigenvalue weighted by atomic mass is 32.1. The number of benzene rings is 1. The molecular weight excluding hydrogens is 466 g/mol. The van der Waals surface area contributed by atoms with E-state index in [0.29, 0.717) is 11.3 Å². The molecule has 192 valence electrons. The van der Waals surface area contributed by atoms with Gasteiger partial charge in [0.15, 0.2) is 0 Å². The Morgan fingerprint density at radius 1 is 1.17 bits per heavy atom. The first kappa shape index (κ1) is 25.4. The molecule has 2 N–H and O–H groups in total. The van der Waals surface area contributed by atoms with E-state index in [4.69, 9.17) is 4.98 Å². The second-order valence-electron chi connectivity index (χ2n) is 11.7. The number of piperidine rings is 1. The van der Waals surface area contributed by atoms with Crippen LogP contribution in [0.25, 0.3) is 10.2 Å². The van der Waals surface area contributed by atoms with Gasteiger partial charge in [0, 0.05) is 30.7 Å². The lowest BCUT2D eigenvalue weighted by Crippen LogP contribution is -2.38. The van der Waals surface area contributed by atoms with Crippen LogP contribution >= 0.6 is 11.3 Å². The third-order valence-electron chi connectivity index (χ3n) is 8.12. The highest BCUT2D eigenvalue weighted by Crippen LogP contribution is 2.38. The number of aliphatic hydroxyl groups is 1. The van der Waals surface area contributed by atoms with E-state index in [1.165, 1.54) is 29.0 Å². The van der Waals surface area contributed by atoms with Crippen molar-refractivity contribution in [1.29, 1.82) is 0 Å². The van der Waals surface area contributed by atoms with Crippen molar-refractivity contribution >= 4 is 27.5 Å². The van der Waals surface area contributed by atoms with Crippen LogP contribution in [0.4, 0.5) is 0 Å². The number of aromatic nitrogens is 1. The summed E-state index contributed by atoms with van der Waals surface area (Å²) in [7, 11) is 0. The van der Waals surface area contributed by atoms with E-state index in [-0.39, 0.29) is 18.1 Å². The van der Waals surface area contributed by atoms with E-state index in [0.717, 1.165) is 72.4 Å². The molecule has 5 rings (SSSR count). The number of aliphatic hydroxyl groups excluding tert-OH is 1. The van der Waals surface area contributed by atoms with Gasteiger partial charge in [-0.2, -0.15) is 0 Å². The van der Waals surface area contributed by atoms with Gasteiger partial charge in [0.25, 0.3) is 5.91 Å². The van der Waals surface area contributed by atoms with Gasteiger partial charge in [-0.1, -0.05) is 51.1 Å². The van der Waals surface area contributed by atoms with E-state index in [9.17, 15) is 9.90 Å². The molecule has 0 unspecified atom stereocenters. The molecule has 3 heterocycles. The molecule has 2 atom stereocenters. The van der Waals surface area contributed by atoms with Gasteiger partial charge in [-0.15, -0.1) is 11.3 Å². The Morgan fingerprint density at radius 2 is 1.92 bits per heavy atom. The fourth-order valence-corrected chi connectivity index (χ4v) is 6.60. The van der Waals surface area contributed by atoms with Crippen molar-refractivity contribution in [3.05, 3.63) is 64.2 Å². The zero-order valence-corrected chi connectivity index (χ0v) is 22.6. The molecular formula is C30H39N3O2S. The Balaban J connectivity index is 1.31. The minimum absolute atomic E-state index is 0.0218. The lowest BCUT2D eigenvalue weighted by molar-refractivity contribution is 0.0796. The molecule has 2 aromatic heterocycles. The van der Waals surface area contributed by atoms with Crippen molar-refractivity contribution in [1.82, 2.24) is 15.2 Å². The minimum Gasteiger partial charge on any atom is -0.393 e. The zero-order valence-electron chi connectivity index (χ0n) is 21.8. The molecule has 0 bridgehead atoms. The van der Waals surface area contributed by atoms with E-state index >= 15 is 0 Å². The molecule has 1 amide bonds. The molecule has 0 spiro atoms. The second-order valence-corrected chi connectivity index (χ2v) is 12.7. The molecule has 5 nitrogen and oxygen atoms in total. The summed E-state index contributed by atoms with van der Waals surface area (Å²) in [5.41, 5.74) is 4.00. The maximum absolute atomic E-state index is 13.4. The minimum atomic E-state index is -0.169. The maximum atomic E-state index is 13.4. The number of nitrogens with zero attached hydrogens (tertiary/aromatic N) is 2. The third-order valence-corrected chi connectivity index (χ3v) is 9.16. The monoisotopic (exact) mass is 505 g/mol. The maximum Gasteiger partial charge on any atom is 0.261 e. The summed E-state index contributed by atoms with van der Waals surface area (Å²) in [6.07, 6.45) is 5.62. The number of likely N-dealkylation sites (tertiary alicyclic amines) is 1. The third kappa shape index (κ3) is 5.82. The number of pyridine rings is 1. The van der Waals surface area contributed by atoms with Crippen LogP contribution in [0.15, 0.2) is 42.5 Å². The van der Waals surface area contributed by atoms with Gasteiger partial charge in [-0.05, 0) is 73.1 Å². The van der Waals surface area contributed by atoms with Crippen molar-refractivity contribution < 1.29 is 9.90 Å². The van der Waals surface area contributed by atoms with Crippen LogP contribution in [0, 0.1) is 11.3 Å². The summed E-state index contributed by atoms with van der Waals surface area (Å²) in [4.78, 5) is 22.5. The van der Waals surface area contributed by atoms with Crippen LogP contribution in [0.3, 0.4) is 0 Å². The quantitative estimate of drug-likeness (QED) is 0.447. The molecule has 1 aliphatic carbocycles. The van der Waals surface area contributed by atoms with Crippen LogP contribution in [0.2, 0.25) is 0 Å². The summed E-state index contributed by atoms with van der Waals surface area (Å²) < 4.78 is 0. The Morgan fingerprint density at radius 3 is 2.64 bits per heavy atom. The molecule has 1 saturated heterocycles. The van der Waals surface area contributed by atoms with Gasteiger partial charge in [-0.3, -0.25) is 4.79 Å². The number of hydrogen-bond acceptors (Lipinski definition) is 5. The summed E-state index contributed by atoms with van der Waals surface area (Å²) in [6.45, 7) is 9.74. The second kappa shape index (κ2) is 10.6. The Bertz CT molecular complexity index is 1190. The summed E-state index contributed by atoms with van der Waals surface area (Å²) >= 11 is 1.51. The van der Waals surface area contributed by atoms with Crippen molar-refractivity contribution in [2.75, 3.05) is 19.6 Å². The fraction of sp³-hybridized carbons (Fsp3) is 0.533. The Kier molecular flexibility index (Phi) is 7.47. The first-order valence-electron chi connectivity index (χ1n) is 13.4. The van der Waals surface area contributed by atoms with Crippen molar-refractivity contribution in [2.24, 2.45) is 11.3 Å². The fourth-order valence-electron chi connectivity index (χ4n) is 5.67. The normalized spacial score (nSPS) is 20.3.